The van der Waals surface area contributed by atoms with Crippen molar-refractivity contribution in [3.05, 3.63) is 35.4 Å². The van der Waals surface area contributed by atoms with Crippen LogP contribution in [0.5, 0.6) is 0 Å². The molecule has 0 aromatic heterocycles. The fourth-order valence-corrected chi connectivity index (χ4v) is 3.93. The van der Waals surface area contributed by atoms with Gasteiger partial charge in [-0.25, -0.2) is 0 Å². The van der Waals surface area contributed by atoms with Crippen LogP contribution in [0.25, 0.3) is 0 Å². The zero-order chi connectivity index (χ0) is 19.1. The highest BCUT2D eigenvalue weighted by molar-refractivity contribution is 5.76. The molecule has 1 fully saturated rings. The lowest BCUT2D eigenvalue weighted by Crippen LogP contribution is -2.58. The summed E-state index contributed by atoms with van der Waals surface area (Å²) in [5.74, 6) is 0.323. The summed E-state index contributed by atoms with van der Waals surface area (Å²) in [7, 11) is 4.25. The number of carbonyl (C=O) groups excluding carboxylic acids is 1. The van der Waals surface area contributed by atoms with Gasteiger partial charge in [0.25, 0.3) is 0 Å². The number of hydrogen-bond donors (Lipinski definition) is 0. The van der Waals surface area contributed by atoms with E-state index < -0.39 is 0 Å². The lowest BCUT2D eigenvalue weighted by atomic mass is 10.0. The maximum atomic E-state index is 12.6. The van der Waals surface area contributed by atoms with Gasteiger partial charge < -0.3 is 9.80 Å². The number of rotatable bonds is 8. The molecule has 0 N–H and O–H groups in total. The Kier molecular flexibility index (Phi) is 8.11. The molecule has 1 saturated heterocycles. The molecule has 0 spiro atoms. The number of aryl methyl sites for hydroxylation is 2. The van der Waals surface area contributed by atoms with Gasteiger partial charge in [-0.2, -0.15) is 0 Å². The largest absolute Gasteiger partial charge is 0.340 e. The van der Waals surface area contributed by atoms with E-state index in [0.29, 0.717) is 24.4 Å². The molecule has 0 saturated carbocycles. The minimum absolute atomic E-state index is 0.323. The fraction of sp³-hybridized carbons (Fsp3) is 0.682. The second kappa shape index (κ2) is 10.1. The average Bonchev–Trinajstić information content (AvgIpc) is 2.58. The smallest absolute Gasteiger partial charge is 0.222 e. The molecule has 1 aliphatic rings. The van der Waals surface area contributed by atoms with Crippen LogP contribution >= 0.6 is 0 Å². The summed E-state index contributed by atoms with van der Waals surface area (Å²) in [6, 6.07) is 9.54. The first-order valence-corrected chi connectivity index (χ1v) is 10.1. The molecule has 2 atom stereocenters. The number of nitrogens with zero attached hydrogens (tertiary/aromatic N) is 3. The lowest BCUT2D eigenvalue weighted by molar-refractivity contribution is -0.135. The molecule has 1 heterocycles. The van der Waals surface area contributed by atoms with Crippen molar-refractivity contribution in [2.45, 2.75) is 58.5 Å². The van der Waals surface area contributed by atoms with Crippen LogP contribution in [0.4, 0.5) is 0 Å². The molecule has 1 aliphatic heterocycles. The maximum Gasteiger partial charge on any atom is 0.222 e. The zero-order valence-corrected chi connectivity index (χ0v) is 17.4. The topological polar surface area (TPSA) is 26.8 Å². The van der Waals surface area contributed by atoms with E-state index >= 15 is 0 Å². The summed E-state index contributed by atoms with van der Waals surface area (Å²) in [5, 5.41) is 0. The first-order chi connectivity index (χ1) is 12.4. The van der Waals surface area contributed by atoms with Crippen LogP contribution in [0, 0.1) is 6.92 Å². The Morgan fingerprint density at radius 3 is 2.27 bits per heavy atom. The molecule has 0 bridgehead atoms. The number of benzene rings is 1. The van der Waals surface area contributed by atoms with Gasteiger partial charge in [0.2, 0.25) is 5.91 Å². The third-order valence-corrected chi connectivity index (χ3v) is 5.45. The Morgan fingerprint density at radius 2 is 1.69 bits per heavy atom. The van der Waals surface area contributed by atoms with E-state index in [1.807, 2.05) is 0 Å². The van der Waals surface area contributed by atoms with Gasteiger partial charge in [0.1, 0.15) is 0 Å². The Hall–Kier alpha value is -1.39. The molecular formula is C22H37N3O. The molecule has 0 aliphatic carbocycles. The van der Waals surface area contributed by atoms with Gasteiger partial charge >= 0.3 is 0 Å². The van der Waals surface area contributed by atoms with Gasteiger partial charge in [-0.3, -0.25) is 9.69 Å². The predicted octanol–water partition coefficient (Wildman–Crippen LogP) is 3.19. The Labute approximate surface area is 160 Å². The molecule has 2 rings (SSSR count). The van der Waals surface area contributed by atoms with Crippen LogP contribution in [0.3, 0.4) is 0 Å². The van der Waals surface area contributed by atoms with E-state index in [2.05, 4.69) is 73.8 Å². The molecule has 1 aromatic rings. The summed E-state index contributed by atoms with van der Waals surface area (Å²) >= 11 is 0. The molecule has 0 radical (unpaired) electrons. The molecule has 1 aromatic carbocycles. The van der Waals surface area contributed by atoms with Crippen LogP contribution < -0.4 is 0 Å². The summed E-state index contributed by atoms with van der Waals surface area (Å²) in [4.78, 5) is 19.5. The second-order valence-electron chi connectivity index (χ2n) is 8.23. The highest BCUT2D eigenvalue weighted by atomic mass is 16.2. The summed E-state index contributed by atoms with van der Waals surface area (Å²) < 4.78 is 0. The van der Waals surface area contributed by atoms with E-state index in [-0.39, 0.29) is 0 Å². The van der Waals surface area contributed by atoms with Crippen LogP contribution in [-0.2, 0) is 11.2 Å². The highest BCUT2D eigenvalue weighted by Gasteiger charge is 2.30. The quantitative estimate of drug-likeness (QED) is 0.713. The van der Waals surface area contributed by atoms with Crippen molar-refractivity contribution in [3.63, 3.8) is 0 Å². The first-order valence-electron chi connectivity index (χ1n) is 10.1. The standard InChI is InChI=1S/C22H37N3O/c1-18-10-12-21(13-11-18)8-6-9-22(26)24-16-19(2)25(20(3)17-24)15-7-14-23(4)5/h10-13,19-20H,6-9,14-17H2,1-5H3. The Bertz CT molecular complexity index is 543. The SMILES string of the molecule is Cc1ccc(CCCC(=O)N2CC(C)N(CCCN(C)C)C(C)C2)cc1. The third-order valence-electron chi connectivity index (χ3n) is 5.45. The van der Waals surface area contributed by atoms with Gasteiger partial charge in [0, 0.05) is 38.1 Å². The molecular weight excluding hydrogens is 322 g/mol. The molecule has 26 heavy (non-hydrogen) atoms. The number of piperazine rings is 1. The predicted molar refractivity (Wildman–Crippen MR) is 109 cm³/mol. The van der Waals surface area contributed by atoms with Crippen molar-refractivity contribution in [2.24, 2.45) is 0 Å². The molecule has 4 heteroatoms. The van der Waals surface area contributed by atoms with E-state index in [1.54, 1.807) is 0 Å². The van der Waals surface area contributed by atoms with Crippen LogP contribution in [0.1, 0.15) is 44.2 Å². The van der Waals surface area contributed by atoms with Crippen LogP contribution in [0.2, 0.25) is 0 Å². The average molecular weight is 360 g/mol. The van der Waals surface area contributed by atoms with Crippen LogP contribution in [-0.4, -0.2) is 73.0 Å². The molecule has 146 valence electrons. The molecule has 4 nitrogen and oxygen atoms in total. The highest BCUT2D eigenvalue weighted by Crippen LogP contribution is 2.18. The first kappa shape index (κ1) is 20.9. The van der Waals surface area contributed by atoms with Gasteiger partial charge in [-0.1, -0.05) is 29.8 Å². The summed E-state index contributed by atoms with van der Waals surface area (Å²) in [6.45, 7) is 10.6. The summed E-state index contributed by atoms with van der Waals surface area (Å²) in [5.41, 5.74) is 2.62. The van der Waals surface area contributed by atoms with E-state index in [1.165, 1.54) is 17.5 Å². The van der Waals surface area contributed by atoms with E-state index in [9.17, 15) is 4.79 Å². The zero-order valence-electron chi connectivity index (χ0n) is 17.4. The number of amides is 1. The minimum Gasteiger partial charge on any atom is -0.340 e. The van der Waals surface area contributed by atoms with Crippen molar-refractivity contribution in [1.29, 1.82) is 0 Å². The molecule has 2 unspecified atom stereocenters. The number of carbonyl (C=O) groups is 1. The van der Waals surface area contributed by atoms with Crippen molar-refractivity contribution >= 4 is 5.91 Å². The van der Waals surface area contributed by atoms with Gasteiger partial charge in [-0.15, -0.1) is 0 Å². The van der Waals surface area contributed by atoms with Crippen molar-refractivity contribution in [2.75, 3.05) is 40.3 Å². The van der Waals surface area contributed by atoms with Crippen molar-refractivity contribution in [1.82, 2.24) is 14.7 Å². The minimum atomic E-state index is 0.323. The second-order valence-corrected chi connectivity index (χ2v) is 8.23. The Morgan fingerprint density at radius 1 is 1.08 bits per heavy atom. The van der Waals surface area contributed by atoms with Gasteiger partial charge in [-0.05, 0) is 66.2 Å². The van der Waals surface area contributed by atoms with E-state index in [0.717, 1.165) is 39.0 Å². The van der Waals surface area contributed by atoms with Gasteiger partial charge in [0.15, 0.2) is 0 Å². The lowest BCUT2D eigenvalue weighted by Gasteiger charge is -2.44. The Balaban J connectivity index is 1.75. The third kappa shape index (κ3) is 6.40. The fourth-order valence-electron chi connectivity index (χ4n) is 3.93. The number of hydrogen-bond acceptors (Lipinski definition) is 3. The normalized spacial score (nSPS) is 21.4. The summed E-state index contributed by atoms with van der Waals surface area (Å²) in [6.07, 6.45) is 3.77. The maximum absolute atomic E-state index is 12.6. The van der Waals surface area contributed by atoms with Crippen LogP contribution in [0.15, 0.2) is 24.3 Å². The van der Waals surface area contributed by atoms with Crippen molar-refractivity contribution < 1.29 is 4.79 Å². The molecule has 1 amide bonds. The monoisotopic (exact) mass is 359 g/mol. The van der Waals surface area contributed by atoms with E-state index in [4.69, 9.17) is 0 Å². The van der Waals surface area contributed by atoms with Gasteiger partial charge in [0.05, 0.1) is 0 Å². The van der Waals surface area contributed by atoms with Crippen molar-refractivity contribution in [3.8, 4) is 0 Å².